The van der Waals surface area contributed by atoms with Gasteiger partial charge in [-0.05, 0) is 18.8 Å². The predicted molar refractivity (Wildman–Crippen MR) is 65.3 cm³/mol. The summed E-state index contributed by atoms with van der Waals surface area (Å²) >= 11 is 2.04. The lowest BCUT2D eigenvalue weighted by molar-refractivity contribution is -0.126. The standard InChI is InChI=1S/C12H21NOS/c1-10-2-3-12(14)11(8-10)9-13-4-6-15-7-5-13/h10-11H,2-9H2,1H3. The molecule has 0 aromatic rings. The Morgan fingerprint density at radius 1 is 1.40 bits per heavy atom. The Kier molecular flexibility index (Phi) is 4.09. The minimum Gasteiger partial charge on any atom is -0.301 e. The van der Waals surface area contributed by atoms with Gasteiger partial charge in [0.05, 0.1) is 0 Å². The summed E-state index contributed by atoms with van der Waals surface area (Å²) in [6.45, 7) is 5.68. The van der Waals surface area contributed by atoms with Gasteiger partial charge in [-0.1, -0.05) is 6.92 Å². The van der Waals surface area contributed by atoms with Crippen LogP contribution in [0.25, 0.3) is 0 Å². The zero-order valence-electron chi connectivity index (χ0n) is 9.58. The lowest BCUT2D eigenvalue weighted by atomic mass is 9.81. The van der Waals surface area contributed by atoms with Crippen LogP contribution in [0.4, 0.5) is 0 Å². The summed E-state index contributed by atoms with van der Waals surface area (Å²) in [5.41, 5.74) is 0. The highest BCUT2D eigenvalue weighted by Crippen LogP contribution is 2.27. The van der Waals surface area contributed by atoms with Crippen molar-refractivity contribution >= 4 is 17.5 Å². The van der Waals surface area contributed by atoms with Crippen LogP contribution in [0.5, 0.6) is 0 Å². The first kappa shape index (κ1) is 11.5. The van der Waals surface area contributed by atoms with E-state index < -0.39 is 0 Å². The molecule has 2 aliphatic rings. The average molecular weight is 227 g/mol. The first-order valence-corrected chi connectivity index (χ1v) is 7.24. The summed E-state index contributed by atoms with van der Waals surface area (Å²) in [6, 6.07) is 0. The molecule has 0 N–H and O–H groups in total. The number of carbonyl (C=O) groups excluding carboxylic acids is 1. The maximum atomic E-state index is 11.8. The number of thioether (sulfide) groups is 1. The molecule has 1 heterocycles. The molecule has 2 nitrogen and oxygen atoms in total. The van der Waals surface area contributed by atoms with E-state index in [2.05, 4.69) is 11.8 Å². The molecule has 2 unspecified atom stereocenters. The molecule has 2 atom stereocenters. The lowest BCUT2D eigenvalue weighted by Crippen LogP contribution is -2.40. The van der Waals surface area contributed by atoms with Gasteiger partial charge in [-0.3, -0.25) is 4.79 Å². The van der Waals surface area contributed by atoms with Crippen molar-refractivity contribution in [3.05, 3.63) is 0 Å². The van der Waals surface area contributed by atoms with Crippen LogP contribution < -0.4 is 0 Å². The summed E-state index contributed by atoms with van der Waals surface area (Å²) in [5, 5.41) is 0. The smallest absolute Gasteiger partial charge is 0.137 e. The van der Waals surface area contributed by atoms with Crippen LogP contribution in [-0.2, 0) is 4.79 Å². The molecule has 0 radical (unpaired) electrons. The fourth-order valence-corrected chi connectivity index (χ4v) is 3.58. The molecule has 86 valence electrons. The van der Waals surface area contributed by atoms with Crippen molar-refractivity contribution in [3.8, 4) is 0 Å². The van der Waals surface area contributed by atoms with Crippen LogP contribution in [-0.4, -0.2) is 41.8 Å². The molecule has 1 saturated heterocycles. The van der Waals surface area contributed by atoms with E-state index in [9.17, 15) is 4.79 Å². The molecule has 1 aliphatic carbocycles. The number of ketones is 1. The molecule has 0 amide bonds. The molecule has 0 aromatic carbocycles. The molecular weight excluding hydrogens is 206 g/mol. The van der Waals surface area contributed by atoms with E-state index in [0.717, 1.165) is 31.7 Å². The Bertz CT molecular complexity index is 226. The van der Waals surface area contributed by atoms with E-state index in [1.807, 2.05) is 11.8 Å². The molecular formula is C12H21NOS. The first-order valence-electron chi connectivity index (χ1n) is 6.08. The molecule has 1 aliphatic heterocycles. The predicted octanol–water partition coefficient (Wildman–Crippen LogP) is 2.04. The summed E-state index contributed by atoms with van der Waals surface area (Å²) in [4.78, 5) is 14.3. The quantitative estimate of drug-likeness (QED) is 0.720. The van der Waals surface area contributed by atoms with Crippen molar-refractivity contribution in [1.82, 2.24) is 4.90 Å². The van der Waals surface area contributed by atoms with Gasteiger partial charge in [0.2, 0.25) is 0 Å². The Labute approximate surface area is 96.8 Å². The summed E-state index contributed by atoms with van der Waals surface area (Å²) < 4.78 is 0. The monoisotopic (exact) mass is 227 g/mol. The molecule has 15 heavy (non-hydrogen) atoms. The number of nitrogens with zero attached hydrogens (tertiary/aromatic N) is 1. The fourth-order valence-electron chi connectivity index (χ4n) is 2.60. The van der Waals surface area contributed by atoms with Crippen LogP contribution in [0.3, 0.4) is 0 Å². The van der Waals surface area contributed by atoms with Crippen molar-refractivity contribution in [2.45, 2.75) is 26.2 Å². The molecule has 2 fully saturated rings. The third-order valence-electron chi connectivity index (χ3n) is 3.61. The minimum atomic E-state index is 0.344. The summed E-state index contributed by atoms with van der Waals surface area (Å²) in [7, 11) is 0. The first-order chi connectivity index (χ1) is 7.25. The van der Waals surface area contributed by atoms with Gasteiger partial charge in [-0.25, -0.2) is 0 Å². The van der Waals surface area contributed by atoms with E-state index >= 15 is 0 Å². The number of Topliss-reactive ketones (excluding diaryl/α,β-unsaturated/α-hetero) is 1. The lowest BCUT2D eigenvalue weighted by Gasteiger charge is -2.32. The maximum Gasteiger partial charge on any atom is 0.137 e. The number of hydrogen-bond acceptors (Lipinski definition) is 3. The SMILES string of the molecule is CC1CCC(=O)C(CN2CCSCC2)C1. The number of carbonyl (C=O) groups is 1. The second-order valence-electron chi connectivity index (χ2n) is 4.96. The van der Waals surface area contributed by atoms with Crippen molar-refractivity contribution in [3.63, 3.8) is 0 Å². The Hall–Kier alpha value is -0.0200. The van der Waals surface area contributed by atoms with Gasteiger partial charge in [0.25, 0.3) is 0 Å². The zero-order valence-corrected chi connectivity index (χ0v) is 10.4. The molecule has 3 heteroatoms. The van der Waals surface area contributed by atoms with E-state index in [1.165, 1.54) is 24.6 Å². The van der Waals surface area contributed by atoms with Gasteiger partial charge in [0, 0.05) is 43.5 Å². The normalized spacial score (nSPS) is 34.3. The van der Waals surface area contributed by atoms with Crippen molar-refractivity contribution in [2.24, 2.45) is 11.8 Å². The zero-order chi connectivity index (χ0) is 10.7. The van der Waals surface area contributed by atoms with E-state index in [-0.39, 0.29) is 0 Å². The van der Waals surface area contributed by atoms with Gasteiger partial charge in [-0.15, -0.1) is 0 Å². The van der Waals surface area contributed by atoms with Gasteiger partial charge in [-0.2, -0.15) is 11.8 Å². The van der Waals surface area contributed by atoms with Crippen LogP contribution in [0.2, 0.25) is 0 Å². The minimum absolute atomic E-state index is 0.344. The van der Waals surface area contributed by atoms with Crippen LogP contribution >= 0.6 is 11.8 Å². The van der Waals surface area contributed by atoms with Crippen LogP contribution in [0.1, 0.15) is 26.2 Å². The number of hydrogen-bond donors (Lipinski definition) is 0. The van der Waals surface area contributed by atoms with Crippen molar-refractivity contribution in [2.75, 3.05) is 31.1 Å². The third-order valence-corrected chi connectivity index (χ3v) is 4.55. The molecule has 2 rings (SSSR count). The number of rotatable bonds is 2. The maximum absolute atomic E-state index is 11.8. The summed E-state index contributed by atoms with van der Waals surface area (Å²) in [6.07, 6.45) is 3.07. The van der Waals surface area contributed by atoms with Crippen LogP contribution in [0.15, 0.2) is 0 Å². The Morgan fingerprint density at radius 2 is 2.13 bits per heavy atom. The largest absolute Gasteiger partial charge is 0.301 e. The van der Waals surface area contributed by atoms with Crippen LogP contribution in [0, 0.1) is 11.8 Å². The highest BCUT2D eigenvalue weighted by Gasteiger charge is 2.28. The summed E-state index contributed by atoms with van der Waals surface area (Å²) in [5.74, 6) is 4.11. The second kappa shape index (κ2) is 5.35. The molecule has 0 aromatic heterocycles. The molecule has 0 spiro atoms. The van der Waals surface area contributed by atoms with Gasteiger partial charge < -0.3 is 4.90 Å². The van der Waals surface area contributed by atoms with E-state index in [4.69, 9.17) is 0 Å². The third kappa shape index (κ3) is 3.22. The van der Waals surface area contributed by atoms with E-state index in [0.29, 0.717) is 11.7 Å². The second-order valence-corrected chi connectivity index (χ2v) is 6.18. The van der Waals surface area contributed by atoms with Gasteiger partial charge in [0.1, 0.15) is 5.78 Å². The fraction of sp³-hybridized carbons (Fsp3) is 0.917. The van der Waals surface area contributed by atoms with Gasteiger partial charge >= 0.3 is 0 Å². The highest BCUT2D eigenvalue weighted by molar-refractivity contribution is 7.99. The molecule has 0 bridgehead atoms. The Balaban J connectivity index is 1.83. The average Bonchev–Trinajstić information content (AvgIpc) is 2.25. The Morgan fingerprint density at radius 3 is 2.87 bits per heavy atom. The highest BCUT2D eigenvalue weighted by atomic mass is 32.2. The van der Waals surface area contributed by atoms with Crippen molar-refractivity contribution in [1.29, 1.82) is 0 Å². The topological polar surface area (TPSA) is 20.3 Å². The molecule has 1 saturated carbocycles. The van der Waals surface area contributed by atoms with E-state index in [1.54, 1.807) is 0 Å². The van der Waals surface area contributed by atoms with Crippen molar-refractivity contribution < 1.29 is 4.79 Å². The van der Waals surface area contributed by atoms with Gasteiger partial charge in [0.15, 0.2) is 0 Å².